The van der Waals surface area contributed by atoms with Gasteiger partial charge in [-0.05, 0) is 46.5 Å². The first-order valence-electron chi connectivity index (χ1n) is 14.9. The zero-order chi connectivity index (χ0) is 34.3. The molecule has 6 aromatic rings. The maximum atomic E-state index is 13.6. The van der Waals surface area contributed by atoms with Gasteiger partial charge in [-0.1, -0.05) is 36.4 Å². The van der Waals surface area contributed by atoms with Crippen molar-refractivity contribution >= 4 is 22.1 Å². The average molecular weight is 652 g/mol. The Labute approximate surface area is 274 Å². The summed E-state index contributed by atoms with van der Waals surface area (Å²) in [5.41, 5.74) is 1.75. The summed E-state index contributed by atoms with van der Waals surface area (Å²) in [5.74, 6) is 1.97. The summed E-state index contributed by atoms with van der Waals surface area (Å²) in [6.07, 6.45) is 0. The first-order chi connectivity index (χ1) is 23.1. The number of rotatable bonds is 9. The van der Waals surface area contributed by atoms with Gasteiger partial charge in [-0.3, -0.25) is 18.7 Å². The fourth-order valence-electron chi connectivity index (χ4n) is 6.05. The second-order valence-corrected chi connectivity index (χ2v) is 11.1. The summed E-state index contributed by atoms with van der Waals surface area (Å²) < 4.78 is 30.4. The SMILES string of the molecule is COc1ccc(C(c2ccc(-c3c4oc(CO)cc(=O)c4nc4c3c(=O)n(C)c(=O)n4C)cc2)c2ccc(OC)c(OC)c2)cc1OC. The van der Waals surface area contributed by atoms with Crippen LogP contribution in [0.1, 0.15) is 28.4 Å². The summed E-state index contributed by atoms with van der Waals surface area (Å²) in [6, 6.07) is 20.0. The number of nitrogens with zero attached hydrogens (tertiary/aromatic N) is 3. The number of benzene rings is 3. The molecule has 0 aliphatic carbocycles. The van der Waals surface area contributed by atoms with Gasteiger partial charge in [-0.2, -0.15) is 0 Å². The second-order valence-electron chi connectivity index (χ2n) is 11.1. The third kappa shape index (κ3) is 5.25. The number of aryl methyl sites for hydroxylation is 1. The molecule has 246 valence electrons. The van der Waals surface area contributed by atoms with Gasteiger partial charge < -0.3 is 28.5 Å². The first-order valence-corrected chi connectivity index (χ1v) is 14.9. The van der Waals surface area contributed by atoms with E-state index in [0.29, 0.717) is 28.6 Å². The third-order valence-electron chi connectivity index (χ3n) is 8.47. The van der Waals surface area contributed by atoms with Gasteiger partial charge in [0.15, 0.2) is 39.7 Å². The number of pyridine rings is 1. The molecule has 3 aromatic carbocycles. The zero-order valence-electron chi connectivity index (χ0n) is 27.2. The Morgan fingerprint density at radius 3 is 1.79 bits per heavy atom. The van der Waals surface area contributed by atoms with Crippen LogP contribution in [0, 0.1) is 0 Å². The van der Waals surface area contributed by atoms with Crippen molar-refractivity contribution < 1.29 is 28.5 Å². The molecule has 3 heterocycles. The number of aliphatic hydroxyl groups is 1. The zero-order valence-corrected chi connectivity index (χ0v) is 27.2. The Morgan fingerprint density at radius 2 is 1.27 bits per heavy atom. The lowest BCUT2D eigenvalue weighted by atomic mass is 9.84. The summed E-state index contributed by atoms with van der Waals surface area (Å²) >= 11 is 0. The number of aliphatic hydroxyl groups excluding tert-OH is 1. The van der Waals surface area contributed by atoms with E-state index < -0.39 is 23.3 Å². The Hall–Kier alpha value is -5.88. The molecule has 0 fully saturated rings. The first kappa shape index (κ1) is 32.1. The summed E-state index contributed by atoms with van der Waals surface area (Å²) in [6.45, 7) is -0.537. The number of hydrogen-bond acceptors (Lipinski definition) is 10. The molecule has 0 aliphatic rings. The van der Waals surface area contributed by atoms with Crippen LogP contribution in [0.2, 0.25) is 0 Å². The minimum atomic E-state index is -0.604. The van der Waals surface area contributed by atoms with Gasteiger partial charge in [0.1, 0.15) is 12.4 Å². The minimum Gasteiger partial charge on any atom is -0.493 e. The summed E-state index contributed by atoms with van der Waals surface area (Å²) in [5, 5.41) is 9.92. The molecule has 48 heavy (non-hydrogen) atoms. The van der Waals surface area contributed by atoms with E-state index in [0.717, 1.165) is 27.3 Å². The van der Waals surface area contributed by atoms with E-state index in [2.05, 4.69) is 4.98 Å². The molecule has 0 radical (unpaired) electrons. The van der Waals surface area contributed by atoms with Gasteiger partial charge in [-0.25, -0.2) is 9.78 Å². The van der Waals surface area contributed by atoms with Crippen LogP contribution in [0.4, 0.5) is 0 Å². The molecule has 0 spiro atoms. The van der Waals surface area contributed by atoms with Gasteiger partial charge in [0.2, 0.25) is 5.43 Å². The molecule has 0 saturated carbocycles. The molecule has 12 nitrogen and oxygen atoms in total. The van der Waals surface area contributed by atoms with Gasteiger partial charge in [-0.15, -0.1) is 0 Å². The van der Waals surface area contributed by atoms with E-state index >= 15 is 0 Å². The largest absolute Gasteiger partial charge is 0.493 e. The normalized spacial score (nSPS) is 11.3. The number of ether oxygens (including phenoxy) is 4. The molecule has 12 heteroatoms. The minimum absolute atomic E-state index is 0.00938. The maximum Gasteiger partial charge on any atom is 0.332 e. The van der Waals surface area contributed by atoms with E-state index in [1.807, 2.05) is 60.7 Å². The molecule has 0 amide bonds. The highest BCUT2D eigenvalue weighted by Gasteiger charge is 2.24. The fourth-order valence-corrected chi connectivity index (χ4v) is 6.05. The van der Waals surface area contributed by atoms with Gasteiger partial charge in [0.25, 0.3) is 5.56 Å². The number of methoxy groups -OCH3 is 4. The standard InChI is InChI=1S/C36H33N3O9/c1-38-34-31(35(42)39(2)36(38)43)30(33-32(37-34)24(41)17-23(18-40)48-33)20-9-7-19(8-10-20)29(21-11-13-25(44-3)27(15-21)46-5)22-12-14-26(45-4)28(16-22)47-6/h7-17,29,40H,18H2,1-6H3. The average Bonchev–Trinajstić information content (AvgIpc) is 3.12. The topological polar surface area (TPSA) is 144 Å². The van der Waals surface area contributed by atoms with Crippen LogP contribution in [-0.4, -0.2) is 47.7 Å². The van der Waals surface area contributed by atoms with Crippen LogP contribution in [0.5, 0.6) is 23.0 Å². The van der Waals surface area contributed by atoms with Crippen molar-refractivity contribution in [2.75, 3.05) is 28.4 Å². The lowest BCUT2D eigenvalue weighted by Crippen LogP contribution is -2.37. The highest BCUT2D eigenvalue weighted by Crippen LogP contribution is 2.41. The van der Waals surface area contributed by atoms with Crippen LogP contribution in [-0.2, 0) is 20.7 Å². The number of hydrogen-bond donors (Lipinski definition) is 1. The quantitative estimate of drug-likeness (QED) is 0.179. The lowest BCUT2D eigenvalue weighted by Gasteiger charge is -2.22. The van der Waals surface area contributed by atoms with Gasteiger partial charge in [0.05, 0.1) is 33.8 Å². The Bertz CT molecular complexity index is 2320. The number of aromatic nitrogens is 3. The van der Waals surface area contributed by atoms with Crippen LogP contribution < -0.4 is 35.6 Å². The number of fused-ring (bicyclic) bond motifs is 2. The van der Waals surface area contributed by atoms with Crippen molar-refractivity contribution in [1.82, 2.24) is 14.1 Å². The molecule has 0 atom stereocenters. The molecule has 0 saturated heterocycles. The molecule has 0 unspecified atom stereocenters. The molecule has 6 rings (SSSR count). The van der Waals surface area contributed by atoms with E-state index in [1.165, 1.54) is 18.7 Å². The van der Waals surface area contributed by atoms with Crippen molar-refractivity contribution in [1.29, 1.82) is 0 Å². The van der Waals surface area contributed by atoms with Crippen molar-refractivity contribution in [2.45, 2.75) is 12.5 Å². The van der Waals surface area contributed by atoms with Crippen LogP contribution in [0.3, 0.4) is 0 Å². The Morgan fingerprint density at radius 1 is 0.729 bits per heavy atom. The summed E-state index contributed by atoms with van der Waals surface area (Å²) in [4.78, 5) is 44.0. The predicted molar refractivity (Wildman–Crippen MR) is 180 cm³/mol. The molecular formula is C36H33N3O9. The second kappa shape index (κ2) is 12.7. The van der Waals surface area contributed by atoms with Crippen molar-refractivity contribution in [2.24, 2.45) is 14.1 Å². The maximum absolute atomic E-state index is 13.6. The molecular weight excluding hydrogens is 618 g/mol. The van der Waals surface area contributed by atoms with Gasteiger partial charge >= 0.3 is 5.69 Å². The highest BCUT2D eigenvalue weighted by molar-refractivity contribution is 6.05. The van der Waals surface area contributed by atoms with Crippen LogP contribution in [0.25, 0.3) is 33.3 Å². The third-order valence-corrected chi connectivity index (χ3v) is 8.47. The molecule has 0 bridgehead atoms. The van der Waals surface area contributed by atoms with E-state index in [-0.39, 0.29) is 39.4 Å². The Balaban J connectivity index is 1.62. The molecule has 0 aliphatic heterocycles. The van der Waals surface area contributed by atoms with E-state index in [9.17, 15) is 19.5 Å². The Kier molecular flexibility index (Phi) is 8.50. The molecule has 1 N–H and O–H groups in total. The molecule has 3 aromatic heterocycles. The van der Waals surface area contributed by atoms with Crippen molar-refractivity contribution in [3.63, 3.8) is 0 Å². The van der Waals surface area contributed by atoms with Gasteiger partial charge in [0, 0.05) is 31.6 Å². The van der Waals surface area contributed by atoms with E-state index in [1.54, 1.807) is 28.4 Å². The van der Waals surface area contributed by atoms with E-state index in [4.69, 9.17) is 23.4 Å². The van der Waals surface area contributed by atoms with Crippen LogP contribution in [0.15, 0.2) is 85.5 Å². The smallest absolute Gasteiger partial charge is 0.332 e. The fraction of sp³-hybridized carbons (Fsp3) is 0.222. The predicted octanol–water partition coefficient (Wildman–Crippen LogP) is 4.11. The van der Waals surface area contributed by atoms with Crippen molar-refractivity contribution in [3.8, 4) is 34.1 Å². The van der Waals surface area contributed by atoms with Crippen molar-refractivity contribution in [3.05, 3.63) is 120 Å². The van der Waals surface area contributed by atoms with Crippen LogP contribution >= 0.6 is 0 Å². The monoisotopic (exact) mass is 651 g/mol. The summed E-state index contributed by atoms with van der Waals surface area (Å²) in [7, 11) is 9.16. The lowest BCUT2D eigenvalue weighted by molar-refractivity contribution is 0.249. The highest BCUT2D eigenvalue weighted by atomic mass is 16.5.